The largest absolute Gasteiger partial charge is 0.497 e. The fourth-order valence-corrected chi connectivity index (χ4v) is 3.29. The zero-order valence-corrected chi connectivity index (χ0v) is 16.8. The Bertz CT molecular complexity index is 1060. The second-order valence-electron chi connectivity index (χ2n) is 7.10. The zero-order chi connectivity index (χ0) is 20.4. The van der Waals surface area contributed by atoms with E-state index in [-0.39, 0.29) is 0 Å². The van der Waals surface area contributed by atoms with Crippen molar-refractivity contribution in [2.45, 2.75) is 38.9 Å². The molecule has 0 fully saturated rings. The summed E-state index contributed by atoms with van der Waals surface area (Å²) in [4.78, 5) is 8.67. The van der Waals surface area contributed by atoms with Crippen molar-refractivity contribution in [3.8, 4) is 22.8 Å². The van der Waals surface area contributed by atoms with E-state index in [9.17, 15) is 5.11 Å². The predicted octanol–water partition coefficient (Wildman–Crippen LogP) is 4.78. The van der Waals surface area contributed by atoms with Gasteiger partial charge in [-0.1, -0.05) is 30.4 Å². The highest BCUT2D eigenvalue weighted by atomic mass is 16.5. The highest BCUT2D eigenvalue weighted by molar-refractivity contribution is 6.02. The molecule has 2 aromatic heterocycles. The lowest BCUT2D eigenvalue weighted by atomic mass is 9.96. The highest BCUT2D eigenvalue weighted by Gasteiger charge is 2.25. The summed E-state index contributed by atoms with van der Waals surface area (Å²) in [6.07, 6.45) is 8.70. The fraction of sp³-hybridized carbons (Fsp3) is 0.304. The summed E-state index contributed by atoms with van der Waals surface area (Å²) in [7, 11) is 1.64. The molecule has 1 N–H and O–H groups in total. The first-order valence-corrected chi connectivity index (χ1v) is 9.72. The summed E-state index contributed by atoms with van der Waals surface area (Å²) in [6.45, 7) is 3.49. The maximum Gasteiger partial charge on any atom is 0.234 e. The van der Waals surface area contributed by atoms with Crippen molar-refractivity contribution >= 4 is 16.7 Å². The molecule has 1 aliphatic rings. The molecule has 29 heavy (non-hydrogen) atoms. The molecule has 2 unspecified atom stereocenters. The lowest BCUT2D eigenvalue weighted by Crippen LogP contribution is -2.26. The van der Waals surface area contributed by atoms with Crippen molar-refractivity contribution in [3.63, 3.8) is 0 Å². The van der Waals surface area contributed by atoms with Crippen LogP contribution in [0.25, 0.3) is 27.8 Å². The summed E-state index contributed by atoms with van der Waals surface area (Å²) in [5.74, 6) is 1.90. The third kappa shape index (κ3) is 3.76. The number of benzene rings is 1. The number of hydrogen-bond donors (Lipinski definition) is 1. The molecule has 2 heterocycles. The van der Waals surface area contributed by atoms with Crippen LogP contribution < -0.4 is 9.47 Å². The average Bonchev–Trinajstić information content (AvgIpc) is 3.15. The third-order valence-corrected chi connectivity index (χ3v) is 5.07. The van der Waals surface area contributed by atoms with Gasteiger partial charge in [-0.25, -0.2) is 9.97 Å². The number of allylic oxidation sites excluding steroid dienone is 4. The van der Waals surface area contributed by atoms with E-state index >= 15 is 0 Å². The molecule has 1 aromatic carbocycles. The summed E-state index contributed by atoms with van der Waals surface area (Å²) in [5, 5.41) is 10.6. The van der Waals surface area contributed by atoms with E-state index in [2.05, 4.69) is 28.2 Å². The van der Waals surface area contributed by atoms with Gasteiger partial charge in [-0.05, 0) is 44.4 Å². The number of aromatic nitrogens is 2. The summed E-state index contributed by atoms with van der Waals surface area (Å²) in [6, 6.07) is 7.78. The monoisotopic (exact) mass is 392 g/mol. The molecule has 0 amide bonds. The standard InChI is InChI=1S/C23H24N2O4/c1-14(26)15(2)28-22-20-19(16-9-11-18(27-3)12-10-16)21(17-7-5-4-6-8-17)29-23(20)25-13-24-22/h5,7-15,26H,4,6H2,1-3H3. The van der Waals surface area contributed by atoms with Crippen molar-refractivity contribution in [2.75, 3.05) is 7.11 Å². The van der Waals surface area contributed by atoms with Gasteiger partial charge in [0.1, 0.15) is 29.3 Å². The number of furan rings is 1. The molecular weight excluding hydrogens is 368 g/mol. The van der Waals surface area contributed by atoms with Crippen LogP contribution in [-0.2, 0) is 0 Å². The second kappa shape index (κ2) is 8.09. The normalized spacial score (nSPS) is 15.8. The number of hydrogen-bond acceptors (Lipinski definition) is 6. The highest BCUT2D eigenvalue weighted by Crippen LogP contribution is 2.42. The third-order valence-electron chi connectivity index (χ3n) is 5.07. The molecule has 1 aliphatic carbocycles. The zero-order valence-electron chi connectivity index (χ0n) is 16.8. The first-order valence-electron chi connectivity index (χ1n) is 9.72. The molecule has 0 radical (unpaired) electrons. The summed E-state index contributed by atoms with van der Waals surface area (Å²) >= 11 is 0. The van der Waals surface area contributed by atoms with E-state index in [1.807, 2.05) is 24.3 Å². The van der Waals surface area contributed by atoms with E-state index in [1.165, 1.54) is 6.33 Å². The second-order valence-corrected chi connectivity index (χ2v) is 7.10. The maximum absolute atomic E-state index is 9.88. The topological polar surface area (TPSA) is 77.6 Å². The number of fused-ring (bicyclic) bond motifs is 1. The molecule has 0 spiro atoms. The number of ether oxygens (including phenoxy) is 2. The van der Waals surface area contributed by atoms with Gasteiger partial charge in [0.25, 0.3) is 0 Å². The Morgan fingerprint density at radius 1 is 1.10 bits per heavy atom. The van der Waals surface area contributed by atoms with Crippen LogP contribution in [0.3, 0.4) is 0 Å². The molecule has 6 heteroatoms. The summed E-state index contributed by atoms with van der Waals surface area (Å²) in [5.41, 5.74) is 3.28. The number of rotatable bonds is 6. The van der Waals surface area contributed by atoms with Gasteiger partial charge in [0.2, 0.25) is 11.6 Å². The molecule has 0 aliphatic heterocycles. The van der Waals surface area contributed by atoms with Gasteiger partial charge in [-0.3, -0.25) is 0 Å². The smallest absolute Gasteiger partial charge is 0.234 e. The minimum absolute atomic E-state index is 0.393. The van der Waals surface area contributed by atoms with Crippen LogP contribution >= 0.6 is 0 Å². The molecule has 4 rings (SSSR count). The van der Waals surface area contributed by atoms with Crippen LogP contribution in [0.15, 0.2) is 53.2 Å². The van der Waals surface area contributed by atoms with Crippen molar-refractivity contribution in [1.82, 2.24) is 9.97 Å². The number of aliphatic hydroxyl groups is 1. The number of nitrogens with zero attached hydrogens (tertiary/aromatic N) is 2. The van der Waals surface area contributed by atoms with E-state index < -0.39 is 12.2 Å². The van der Waals surface area contributed by atoms with Crippen molar-refractivity contribution in [2.24, 2.45) is 0 Å². The molecule has 3 aromatic rings. The van der Waals surface area contributed by atoms with Crippen LogP contribution in [-0.4, -0.2) is 34.4 Å². The van der Waals surface area contributed by atoms with Crippen molar-refractivity contribution in [3.05, 3.63) is 54.6 Å². The minimum atomic E-state index is -0.639. The molecule has 150 valence electrons. The van der Waals surface area contributed by atoms with Crippen LogP contribution in [0.4, 0.5) is 0 Å². The Balaban J connectivity index is 1.94. The molecular formula is C23H24N2O4. The Labute approximate surface area is 169 Å². The maximum atomic E-state index is 9.88. The molecule has 2 atom stereocenters. The first-order chi connectivity index (χ1) is 14.1. The van der Waals surface area contributed by atoms with Crippen molar-refractivity contribution in [1.29, 1.82) is 0 Å². The van der Waals surface area contributed by atoms with E-state index in [1.54, 1.807) is 21.0 Å². The molecule has 6 nitrogen and oxygen atoms in total. The van der Waals surface area contributed by atoms with Crippen LogP contribution in [0.2, 0.25) is 0 Å². The van der Waals surface area contributed by atoms with E-state index in [0.29, 0.717) is 17.0 Å². The van der Waals surface area contributed by atoms with Crippen LogP contribution in [0, 0.1) is 0 Å². The minimum Gasteiger partial charge on any atom is -0.497 e. The SMILES string of the molecule is COc1ccc(-c2c(C3=CCCC=C3)oc3ncnc(OC(C)C(C)O)c23)cc1. The molecule has 0 saturated heterocycles. The van der Waals surface area contributed by atoms with Gasteiger partial charge < -0.3 is 19.0 Å². The fourth-order valence-electron chi connectivity index (χ4n) is 3.29. The lowest BCUT2D eigenvalue weighted by Gasteiger charge is -2.17. The van der Waals surface area contributed by atoms with Gasteiger partial charge in [-0.2, -0.15) is 0 Å². The van der Waals surface area contributed by atoms with Crippen molar-refractivity contribution < 1.29 is 19.0 Å². The molecule has 0 bridgehead atoms. The Kier molecular flexibility index (Phi) is 5.36. The Morgan fingerprint density at radius 2 is 1.90 bits per heavy atom. The van der Waals surface area contributed by atoms with Gasteiger partial charge in [0, 0.05) is 11.1 Å². The number of aliphatic hydroxyl groups excluding tert-OH is 1. The van der Waals surface area contributed by atoms with Gasteiger partial charge in [0.15, 0.2) is 0 Å². The van der Waals surface area contributed by atoms with E-state index in [4.69, 9.17) is 13.9 Å². The Morgan fingerprint density at radius 3 is 2.55 bits per heavy atom. The quantitative estimate of drug-likeness (QED) is 0.650. The summed E-state index contributed by atoms with van der Waals surface area (Å²) < 4.78 is 17.5. The first kappa shape index (κ1) is 19.2. The van der Waals surface area contributed by atoms with Crippen LogP contribution in [0.1, 0.15) is 32.4 Å². The lowest BCUT2D eigenvalue weighted by molar-refractivity contribution is 0.0585. The average molecular weight is 392 g/mol. The van der Waals surface area contributed by atoms with Gasteiger partial charge in [-0.15, -0.1) is 0 Å². The Hall–Kier alpha value is -3.12. The predicted molar refractivity (Wildman–Crippen MR) is 112 cm³/mol. The van der Waals surface area contributed by atoms with E-state index in [0.717, 1.165) is 41.1 Å². The van der Waals surface area contributed by atoms with Gasteiger partial charge in [0.05, 0.1) is 13.2 Å². The molecule has 0 saturated carbocycles. The number of methoxy groups -OCH3 is 1. The van der Waals surface area contributed by atoms with Crippen LogP contribution in [0.5, 0.6) is 11.6 Å². The van der Waals surface area contributed by atoms with Gasteiger partial charge >= 0.3 is 0 Å².